The van der Waals surface area contributed by atoms with Crippen LogP contribution in [0.1, 0.15) is 44.9 Å². The van der Waals surface area contributed by atoms with E-state index in [4.69, 9.17) is 14.6 Å². The molecule has 1 amide bonds. The lowest BCUT2D eigenvalue weighted by atomic mass is 10.1. The van der Waals surface area contributed by atoms with Crippen molar-refractivity contribution in [1.82, 2.24) is 4.90 Å². The van der Waals surface area contributed by atoms with Crippen LogP contribution < -0.4 is 0 Å². The quantitative estimate of drug-likeness (QED) is 0.684. The molecule has 0 saturated carbocycles. The van der Waals surface area contributed by atoms with E-state index in [-0.39, 0.29) is 24.7 Å². The van der Waals surface area contributed by atoms with Gasteiger partial charge in [0.05, 0.1) is 12.2 Å². The van der Waals surface area contributed by atoms with E-state index in [9.17, 15) is 4.79 Å². The number of aliphatic hydroxyl groups excluding tert-OH is 1. The van der Waals surface area contributed by atoms with Gasteiger partial charge in [-0.05, 0) is 38.5 Å². The number of carbonyl (C=O) groups is 1. The number of amides is 1. The zero-order valence-corrected chi connectivity index (χ0v) is 12.3. The minimum absolute atomic E-state index is 0.157. The first-order chi connectivity index (χ1) is 9.79. The van der Waals surface area contributed by atoms with E-state index in [0.29, 0.717) is 25.9 Å². The second-order valence-corrected chi connectivity index (χ2v) is 5.75. The van der Waals surface area contributed by atoms with Crippen LogP contribution in [0.3, 0.4) is 0 Å². The van der Waals surface area contributed by atoms with Crippen molar-refractivity contribution in [2.75, 3.05) is 32.9 Å². The van der Waals surface area contributed by atoms with Crippen molar-refractivity contribution in [2.45, 2.75) is 57.2 Å². The Morgan fingerprint density at radius 1 is 1.05 bits per heavy atom. The average Bonchev–Trinajstić information content (AvgIpc) is 3.11. The lowest BCUT2D eigenvalue weighted by Gasteiger charge is -2.28. The Kier molecular flexibility index (Phi) is 6.76. The normalized spacial score (nSPS) is 26.1. The maximum Gasteiger partial charge on any atom is 0.222 e. The van der Waals surface area contributed by atoms with Gasteiger partial charge in [-0.1, -0.05) is 0 Å². The van der Waals surface area contributed by atoms with Crippen LogP contribution in [0.2, 0.25) is 0 Å². The summed E-state index contributed by atoms with van der Waals surface area (Å²) in [5, 5.41) is 8.81. The van der Waals surface area contributed by atoms with Crippen molar-refractivity contribution in [3.63, 3.8) is 0 Å². The van der Waals surface area contributed by atoms with E-state index in [0.717, 1.165) is 45.3 Å². The van der Waals surface area contributed by atoms with Gasteiger partial charge in [0.15, 0.2) is 0 Å². The highest BCUT2D eigenvalue weighted by Gasteiger charge is 2.26. The maximum atomic E-state index is 12.3. The van der Waals surface area contributed by atoms with Gasteiger partial charge in [-0.25, -0.2) is 0 Å². The highest BCUT2D eigenvalue weighted by Crippen LogP contribution is 2.18. The molecule has 0 bridgehead atoms. The van der Waals surface area contributed by atoms with Crippen LogP contribution in [0.4, 0.5) is 0 Å². The van der Waals surface area contributed by atoms with Crippen molar-refractivity contribution in [2.24, 2.45) is 0 Å². The van der Waals surface area contributed by atoms with Crippen LogP contribution in [0.25, 0.3) is 0 Å². The van der Waals surface area contributed by atoms with Crippen molar-refractivity contribution in [3.8, 4) is 0 Å². The van der Waals surface area contributed by atoms with E-state index in [1.54, 1.807) is 0 Å². The van der Waals surface area contributed by atoms with E-state index in [1.807, 2.05) is 4.90 Å². The molecule has 2 aliphatic heterocycles. The maximum absolute atomic E-state index is 12.3. The molecule has 2 aliphatic rings. The number of aliphatic hydroxyl groups is 1. The van der Waals surface area contributed by atoms with Crippen molar-refractivity contribution in [3.05, 3.63) is 0 Å². The Morgan fingerprint density at radius 3 is 2.10 bits per heavy atom. The van der Waals surface area contributed by atoms with Crippen LogP contribution in [0.15, 0.2) is 0 Å². The molecule has 0 aromatic heterocycles. The summed E-state index contributed by atoms with van der Waals surface area (Å²) in [5.41, 5.74) is 0. The second kappa shape index (κ2) is 8.60. The fraction of sp³-hybridized carbons (Fsp3) is 0.933. The standard InChI is InChI=1S/C15H27NO4/c17-8-2-1-7-15(18)16(11-13-5-3-9-19-13)12-14-6-4-10-20-14/h13-14,17H,1-12H2. The van der Waals surface area contributed by atoms with Crippen LogP contribution in [0.5, 0.6) is 0 Å². The molecule has 116 valence electrons. The molecule has 2 rings (SSSR count). The number of hydrogen-bond donors (Lipinski definition) is 1. The molecule has 0 aromatic carbocycles. The zero-order chi connectivity index (χ0) is 14.2. The Bertz CT molecular complexity index is 268. The molecule has 2 saturated heterocycles. The molecule has 0 aliphatic carbocycles. The predicted molar refractivity (Wildman–Crippen MR) is 75.5 cm³/mol. The first-order valence-corrected chi connectivity index (χ1v) is 7.91. The molecule has 5 nitrogen and oxygen atoms in total. The summed E-state index contributed by atoms with van der Waals surface area (Å²) >= 11 is 0. The van der Waals surface area contributed by atoms with Crippen molar-refractivity contribution >= 4 is 5.91 Å². The fourth-order valence-corrected chi connectivity index (χ4v) is 2.89. The van der Waals surface area contributed by atoms with Gasteiger partial charge in [-0.2, -0.15) is 0 Å². The van der Waals surface area contributed by atoms with Crippen molar-refractivity contribution < 1.29 is 19.4 Å². The summed E-state index contributed by atoms with van der Waals surface area (Å²) in [4.78, 5) is 14.2. The fourth-order valence-electron chi connectivity index (χ4n) is 2.89. The van der Waals surface area contributed by atoms with Gasteiger partial charge in [-0.3, -0.25) is 4.79 Å². The first kappa shape index (κ1) is 15.7. The first-order valence-electron chi connectivity index (χ1n) is 7.91. The Hall–Kier alpha value is -0.650. The highest BCUT2D eigenvalue weighted by atomic mass is 16.5. The van der Waals surface area contributed by atoms with Crippen LogP contribution >= 0.6 is 0 Å². The Morgan fingerprint density at radius 2 is 1.65 bits per heavy atom. The summed E-state index contributed by atoms with van der Waals surface area (Å²) in [6, 6.07) is 0. The monoisotopic (exact) mass is 285 g/mol. The number of carbonyl (C=O) groups excluding carboxylic acids is 1. The summed E-state index contributed by atoms with van der Waals surface area (Å²) in [7, 11) is 0. The summed E-state index contributed by atoms with van der Waals surface area (Å²) in [6.45, 7) is 3.18. The molecule has 2 fully saturated rings. The van der Waals surface area contributed by atoms with Gasteiger partial charge in [0.2, 0.25) is 5.91 Å². The van der Waals surface area contributed by atoms with E-state index >= 15 is 0 Å². The molecule has 20 heavy (non-hydrogen) atoms. The molecule has 5 heteroatoms. The van der Waals surface area contributed by atoms with Gasteiger partial charge in [0, 0.05) is 39.3 Å². The summed E-state index contributed by atoms with van der Waals surface area (Å²) in [5.74, 6) is 0.171. The minimum atomic E-state index is 0.157. The van der Waals surface area contributed by atoms with Gasteiger partial charge in [0.1, 0.15) is 0 Å². The topological polar surface area (TPSA) is 59.0 Å². The number of rotatable bonds is 8. The van der Waals surface area contributed by atoms with Gasteiger partial charge in [0.25, 0.3) is 0 Å². The van der Waals surface area contributed by atoms with Gasteiger partial charge >= 0.3 is 0 Å². The molecular weight excluding hydrogens is 258 g/mol. The molecule has 0 aromatic rings. The van der Waals surface area contributed by atoms with E-state index in [1.165, 1.54) is 0 Å². The van der Waals surface area contributed by atoms with Crippen LogP contribution in [-0.4, -0.2) is 61.0 Å². The lowest BCUT2D eigenvalue weighted by Crippen LogP contribution is -2.41. The molecule has 0 radical (unpaired) electrons. The average molecular weight is 285 g/mol. The predicted octanol–water partition coefficient (Wildman–Crippen LogP) is 1.34. The molecule has 2 atom stereocenters. The number of unbranched alkanes of at least 4 members (excludes halogenated alkanes) is 1. The van der Waals surface area contributed by atoms with Crippen molar-refractivity contribution in [1.29, 1.82) is 0 Å². The summed E-state index contributed by atoms with van der Waals surface area (Å²) in [6.07, 6.45) is 6.63. The SMILES string of the molecule is O=C(CCCCO)N(CC1CCCO1)CC1CCCO1. The Balaban J connectivity index is 1.82. The third kappa shape index (κ3) is 5.04. The molecule has 2 heterocycles. The molecular formula is C15H27NO4. The number of ether oxygens (including phenoxy) is 2. The van der Waals surface area contributed by atoms with Crippen LogP contribution in [0, 0.1) is 0 Å². The van der Waals surface area contributed by atoms with Gasteiger partial charge < -0.3 is 19.5 Å². The lowest BCUT2D eigenvalue weighted by molar-refractivity contribution is -0.134. The number of hydrogen-bond acceptors (Lipinski definition) is 4. The third-order valence-corrected chi connectivity index (χ3v) is 4.05. The minimum Gasteiger partial charge on any atom is -0.396 e. The number of nitrogens with zero attached hydrogens (tertiary/aromatic N) is 1. The summed E-state index contributed by atoms with van der Waals surface area (Å²) < 4.78 is 11.3. The molecule has 0 spiro atoms. The Labute approximate surface area is 121 Å². The molecule has 2 unspecified atom stereocenters. The highest BCUT2D eigenvalue weighted by molar-refractivity contribution is 5.76. The zero-order valence-electron chi connectivity index (χ0n) is 12.3. The molecule has 1 N–H and O–H groups in total. The van der Waals surface area contributed by atoms with Gasteiger partial charge in [-0.15, -0.1) is 0 Å². The second-order valence-electron chi connectivity index (χ2n) is 5.75. The van der Waals surface area contributed by atoms with E-state index in [2.05, 4.69) is 0 Å². The smallest absolute Gasteiger partial charge is 0.222 e. The van der Waals surface area contributed by atoms with E-state index < -0.39 is 0 Å². The van der Waals surface area contributed by atoms with Crippen LogP contribution in [-0.2, 0) is 14.3 Å². The third-order valence-electron chi connectivity index (χ3n) is 4.05. The largest absolute Gasteiger partial charge is 0.396 e.